The number of hydrogen-bond donors (Lipinski definition) is 1. The Hall–Kier alpha value is -1.34. The number of rotatable bonds is 4. The van der Waals surface area contributed by atoms with Gasteiger partial charge in [0.05, 0.1) is 0 Å². The third kappa shape index (κ3) is 4.45. The lowest BCUT2D eigenvalue weighted by Gasteiger charge is -2.11. The van der Waals surface area contributed by atoms with Crippen molar-refractivity contribution < 1.29 is 14.6 Å². The summed E-state index contributed by atoms with van der Waals surface area (Å²) in [6.07, 6.45) is -1.02. The Labute approximate surface area is 96.0 Å². The first-order chi connectivity index (χ1) is 7.74. The average molecular weight is 220 g/mol. The van der Waals surface area contributed by atoms with Crippen molar-refractivity contribution in [2.45, 2.75) is 19.1 Å². The number of benzene rings is 1. The minimum Gasteiger partial charge on any atom is -0.381 e. The van der Waals surface area contributed by atoms with Gasteiger partial charge >= 0.3 is 0 Å². The zero-order valence-corrected chi connectivity index (χ0v) is 9.51. The Bertz CT molecular complexity index is 348. The van der Waals surface area contributed by atoms with E-state index < -0.39 is 6.10 Å². The molecule has 1 aromatic rings. The summed E-state index contributed by atoms with van der Waals surface area (Å²) in [5, 5.41) is 9.11. The Morgan fingerprint density at radius 1 is 1.25 bits per heavy atom. The monoisotopic (exact) mass is 220 g/mol. The molecule has 16 heavy (non-hydrogen) atoms. The highest BCUT2D eigenvalue weighted by molar-refractivity contribution is 5.25. The second-order valence-corrected chi connectivity index (χ2v) is 3.33. The summed E-state index contributed by atoms with van der Waals surface area (Å²) in [5.41, 5.74) is 0.952. The lowest BCUT2D eigenvalue weighted by molar-refractivity contribution is -0.0536. The lowest BCUT2D eigenvalue weighted by atomic mass is 10.1. The van der Waals surface area contributed by atoms with Gasteiger partial charge in [-0.2, -0.15) is 0 Å². The van der Waals surface area contributed by atoms with Crippen LogP contribution in [0.3, 0.4) is 0 Å². The van der Waals surface area contributed by atoms with Crippen molar-refractivity contribution in [1.29, 1.82) is 0 Å². The van der Waals surface area contributed by atoms with Gasteiger partial charge in [-0.25, -0.2) is 0 Å². The van der Waals surface area contributed by atoms with Crippen LogP contribution in [0.1, 0.15) is 18.6 Å². The third-order valence-electron chi connectivity index (χ3n) is 1.88. The second kappa shape index (κ2) is 7.02. The Balaban J connectivity index is 2.76. The van der Waals surface area contributed by atoms with Gasteiger partial charge in [-0.05, 0) is 12.5 Å². The van der Waals surface area contributed by atoms with Crippen molar-refractivity contribution >= 4 is 0 Å². The molecule has 0 unspecified atom stereocenters. The zero-order valence-electron chi connectivity index (χ0n) is 9.51. The van der Waals surface area contributed by atoms with Crippen LogP contribution >= 0.6 is 0 Å². The van der Waals surface area contributed by atoms with Gasteiger partial charge in [-0.1, -0.05) is 42.2 Å². The first-order valence-corrected chi connectivity index (χ1v) is 5.08. The van der Waals surface area contributed by atoms with Gasteiger partial charge in [0.2, 0.25) is 0 Å². The second-order valence-electron chi connectivity index (χ2n) is 3.33. The fourth-order valence-corrected chi connectivity index (χ4v) is 1.18. The van der Waals surface area contributed by atoms with E-state index in [0.29, 0.717) is 0 Å². The maximum atomic E-state index is 9.11. The Morgan fingerprint density at radius 2 is 1.94 bits per heavy atom. The summed E-state index contributed by atoms with van der Waals surface area (Å²) in [7, 11) is 1.56. The number of methoxy groups -OCH3 is 1. The largest absolute Gasteiger partial charge is 0.381 e. The molecular formula is C13H16O3. The fourth-order valence-electron chi connectivity index (χ4n) is 1.18. The molecule has 2 atom stereocenters. The molecule has 1 N–H and O–H groups in total. The van der Waals surface area contributed by atoms with E-state index in [4.69, 9.17) is 14.6 Å². The molecule has 0 heterocycles. The molecule has 3 nitrogen and oxygen atoms in total. The quantitative estimate of drug-likeness (QED) is 0.620. The van der Waals surface area contributed by atoms with Crippen LogP contribution in [0.5, 0.6) is 0 Å². The first-order valence-electron chi connectivity index (χ1n) is 5.08. The van der Waals surface area contributed by atoms with Crippen molar-refractivity contribution in [2.24, 2.45) is 0 Å². The van der Waals surface area contributed by atoms with Crippen LogP contribution in [0.4, 0.5) is 0 Å². The van der Waals surface area contributed by atoms with Crippen molar-refractivity contribution in [3.63, 3.8) is 0 Å². The van der Waals surface area contributed by atoms with Crippen LogP contribution in [0.15, 0.2) is 30.3 Å². The highest BCUT2D eigenvalue weighted by Gasteiger charge is 2.07. The summed E-state index contributed by atoms with van der Waals surface area (Å²) in [4.78, 5) is 0. The first kappa shape index (κ1) is 12.7. The molecule has 3 heteroatoms. The molecule has 0 radical (unpaired) electrons. The van der Waals surface area contributed by atoms with Gasteiger partial charge in [-0.15, -0.1) is 0 Å². The van der Waals surface area contributed by atoms with Crippen LogP contribution in [-0.2, 0) is 9.47 Å². The van der Waals surface area contributed by atoms with E-state index in [9.17, 15) is 0 Å². The lowest BCUT2D eigenvalue weighted by Crippen LogP contribution is -2.06. The van der Waals surface area contributed by atoms with Gasteiger partial charge in [0.25, 0.3) is 0 Å². The minimum atomic E-state index is -0.655. The molecule has 0 aliphatic heterocycles. The summed E-state index contributed by atoms with van der Waals surface area (Å²) < 4.78 is 10.3. The topological polar surface area (TPSA) is 38.7 Å². The molecule has 1 aromatic carbocycles. The van der Waals surface area contributed by atoms with Crippen molar-refractivity contribution in [1.82, 2.24) is 0 Å². The Kier molecular flexibility index (Phi) is 5.58. The molecule has 0 fully saturated rings. The predicted octanol–water partition coefficient (Wildman–Crippen LogP) is 1.73. The molecule has 0 saturated carbocycles. The molecule has 0 aliphatic rings. The highest BCUT2D eigenvalue weighted by atomic mass is 16.7. The molecular weight excluding hydrogens is 204 g/mol. The van der Waals surface area contributed by atoms with E-state index in [-0.39, 0.29) is 12.9 Å². The van der Waals surface area contributed by atoms with Gasteiger partial charge < -0.3 is 14.6 Å². The van der Waals surface area contributed by atoms with E-state index >= 15 is 0 Å². The van der Waals surface area contributed by atoms with Crippen LogP contribution in [0.2, 0.25) is 0 Å². The number of hydrogen-bond acceptors (Lipinski definition) is 3. The van der Waals surface area contributed by atoms with E-state index in [1.807, 2.05) is 30.3 Å². The van der Waals surface area contributed by atoms with Gasteiger partial charge in [-0.3, -0.25) is 0 Å². The van der Waals surface area contributed by atoms with Crippen LogP contribution in [0.25, 0.3) is 0 Å². The standard InChI is InChI=1S/C13H16O3/c1-11(14)8-9-13(16-10-15-2)12-6-4-3-5-7-12/h3-7,11,13-14H,10H2,1-2H3/t11-,13+/m0/s1. The molecule has 0 spiro atoms. The molecule has 0 saturated heterocycles. The van der Waals surface area contributed by atoms with E-state index in [1.54, 1.807) is 14.0 Å². The molecule has 0 bridgehead atoms. The average Bonchev–Trinajstić information content (AvgIpc) is 2.30. The number of ether oxygens (including phenoxy) is 2. The summed E-state index contributed by atoms with van der Waals surface area (Å²) in [5.74, 6) is 5.55. The maximum Gasteiger partial charge on any atom is 0.148 e. The minimum absolute atomic E-state index is 0.175. The van der Waals surface area contributed by atoms with E-state index in [1.165, 1.54) is 0 Å². The van der Waals surface area contributed by atoms with Crippen LogP contribution in [-0.4, -0.2) is 25.1 Å². The summed E-state index contributed by atoms with van der Waals surface area (Å²) in [6.45, 7) is 1.79. The van der Waals surface area contributed by atoms with Crippen molar-refractivity contribution in [3.8, 4) is 11.8 Å². The normalized spacial score (nSPS) is 13.7. The van der Waals surface area contributed by atoms with Crippen LogP contribution in [0, 0.1) is 11.8 Å². The maximum absolute atomic E-state index is 9.11. The van der Waals surface area contributed by atoms with Gasteiger partial charge in [0.15, 0.2) is 0 Å². The van der Waals surface area contributed by atoms with Crippen LogP contribution < -0.4 is 0 Å². The Morgan fingerprint density at radius 3 is 2.50 bits per heavy atom. The van der Waals surface area contributed by atoms with Gasteiger partial charge in [0, 0.05) is 7.11 Å². The summed E-state index contributed by atoms with van der Waals surface area (Å²) in [6, 6.07) is 9.62. The van der Waals surface area contributed by atoms with E-state index in [2.05, 4.69) is 11.8 Å². The number of aliphatic hydroxyl groups excluding tert-OH is 1. The molecule has 0 aromatic heterocycles. The smallest absolute Gasteiger partial charge is 0.148 e. The molecule has 0 aliphatic carbocycles. The van der Waals surface area contributed by atoms with Crippen molar-refractivity contribution in [2.75, 3.05) is 13.9 Å². The number of aliphatic hydroxyl groups is 1. The van der Waals surface area contributed by atoms with Crippen molar-refractivity contribution in [3.05, 3.63) is 35.9 Å². The fraction of sp³-hybridized carbons (Fsp3) is 0.385. The van der Waals surface area contributed by atoms with E-state index in [0.717, 1.165) is 5.56 Å². The predicted molar refractivity (Wildman–Crippen MR) is 61.6 cm³/mol. The molecule has 1 rings (SSSR count). The highest BCUT2D eigenvalue weighted by Crippen LogP contribution is 2.15. The molecule has 0 amide bonds. The van der Waals surface area contributed by atoms with Gasteiger partial charge in [0.1, 0.15) is 19.0 Å². The third-order valence-corrected chi connectivity index (χ3v) is 1.88. The summed E-state index contributed by atoms with van der Waals surface area (Å²) >= 11 is 0. The SMILES string of the molecule is COCO[C@H](C#C[C@H](C)O)c1ccccc1. The zero-order chi connectivity index (χ0) is 11.8. The molecule has 86 valence electrons.